The van der Waals surface area contributed by atoms with Gasteiger partial charge in [0.25, 0.3) is 5.82 Å². The molecule has 1 heterocycles. The van der Waals surface area contributed by atoms with Gasteiger partial charge in [-0.25, -0.2) is 18.1 Å². The van der Waals surface area contributed by atoms with Crippen molar-refractivity contribution in [3.05, 3.63) is 65.2 Å². The number of sulfonamides is 1. The number of nitriles is 1. The molecule has 0 aliphatic rings. The van der Waals surface area contributed by atoms with E-state index in [1.807, 2.05) is 38.1 Å². The molecule has 0 saturated heterocycles. The minimum atomic E-state index is -3.55. The number of hydrogen-bond acceptors (Lipinski definition) is 4. The molecule has 3 aromatic rings. The van der Waals surface area contributed by atoms with E-state index in [1.54, 1.807) is 24.3 Å². The highest BCUT2D eigenvalue weighted by molar-refractivity contribution is 7.89. The van der Waals surface area contributed by atoms with Crippen LogP contribution < -0.4 is 15.0 Å². The molecule has 1 aromatic heterocycles. The van der Waals surface area contributed by atoms with Gasteiger partial charge in [0.15, 0.2) is 0 Å². The summed E-state index contributed by atoms with van der Waals surface area (Å²) < 4.78 is 27.1. The Morgan fingerprint density at radius 1 is 1.00 bits per heavy atom. The summed E-state index contributed by atoms with van der Waals surface area (Å²) >= 11 is 0. The van der Waals surface area contributed by atoms with Crippen molar-refractivity contribution in [3.8, 4) is 6.07 Å². The van der Waals surface area contributed by atoms with Gasteiger partial charge in [0.2, 0.25) is 10.0 Å². The van der Waals surface area contributed by atoms with Crippen molar-refractivity contribution in [1.82, 2.24) is 4.72 Å². The minimum Gasteiger partial charge on any atom is -0.272 e. The van der Waals surface area contributed by atoms with E-state index < -0.39 is 10.0 Å². The summed E-state index contributed by atoms with van der Waals surface area (Å²) in [5.74, 6) is 0.573. The molecule has 3 rings (SSSR count). The lowest BCUT2D eigenvalue weighted by Crippen LogP contribution is -2.30. The number of fused-ring (bicyclic) bond motifs is 1. The molecule has 3 N–H and O–H groups in total. The Balaban J connectivity index is 1.67. The summed E-state index contributed by atoms with van der Waals surface area (Å²) in [7, 11) is -3.55. The third kappa shape index (κ3) is 4.42. The number of nitrogens with zero attached hydrogens (tertiary/aromatic N) is 1. The highest BCUT2D eigenvalue weighted by atomic mass is 32.2. The molecule has 0 spiro atoms. The van der Waals surface area contributed by atoms with Crippen molar-refractivity contribution in [3.63, 3.8) is 0 Å². The average molecular weight is 381 g/mol. The molecule has 2 aromatic carbocycles. The molecule has 0 amide bonds. The van der Waals surface area contributed by atoms with Gasteiger partial charge in [0.05, 0.1) is 11.4 Å². The molecule has 6 nitrogen and oxygen atoms in total. The van der Waals surface area contributed by atoms with Gasteiger partial charge < -0.3 is 0 Å². The first kappa shape index (κ1) is 18.8. The number of rotatable bonds is 6. The van der Waals surface area contributed by atoms with E-state index in [2.05, 4.69) is 21.1 Å². The maximum absolute atomic E-state index is 12.3. The predicted molar refractivity (Wildman–Crippen MR) is 105 cm³/mol. The van der Waals surface area contributed by atoms with Crippen LogP contribution in [-0.2, 0) is 10.0 Å². The van der Waals surface area contributed by atoms with Crippen LogP contribution in [0.4, 0.5) is 5.82 Å². The second kappa shape index (κ2) is 7.74. The van der Waals surface area contributed by atoms with E-state index >= 15 is 0 Å². The Hall–Kier alpha value is -2.95. The molecular weight excluding hydrogens is 360 g/mol. The van der Waals surface area contributed by atoms with Crippen molar-refractivity contribution in [1.29, 1.82) is 5.26 Å². The summed E-state index contributed by atoms with van der Waals surface area (Å²) in [6.07, 6.45) is 0. The fraction of sp³-hybridized carbons (Fsp3) is 0.200. The van der Waals surface area contributed by atoms with E-state index in [9.17, 15) is 13.7 Å². The van der Waals surface area contributed by atoms with Crippen LogP contribution >= 0.6 is 0 Å². The van der Waals surface area contributed by atoms with Gasteiger partial charge in [-0.2, -0.15) is 5.26 Å². The van der Waals surface area contributed by atoms with Crippen LogP contribution in [0.2, 0.25) is 0 Å². The zero-order valence-electron chi connectivity index (χ0n) is 15.2. The Morgan fingerprint density at radius 2 is 1.70 bits per heavy atom. The van der Waals surface area contributed by atoms with Crippen molar-refractivity contribution < 1.29 is 13.4 Å². The van der Waals surface area contributed by atoms with Crippen molar-refractivity contribution >= 4 is 26.7 Å². The van der Waals surface area contributed by atoms with E-state index in [0.717, 1.165) is 22.0 Å². The minimum absolute atomic E-state index is 0.195. The van der Waals surface area contributed by atoms with Crippen LogP contribution in [-0.4, -0.2) is 21.5 Å². The van der Waals surface area contributed by atoms with Crippen LogP contribution in [0.3, 0.4) is 0 Å². The SMILES string of the molecule is Cc1ccc(S(=O)(=O)NCCNc2[nH+]c3ccc(C)cc3cc2C#N)cc1. The number of hydrogen-bond donors (Lipinski definition) is 2. The van der Waals surface area contributed by atoms with Gasteiger partial charge >= 0.3 is 0 Å². The van der Waals surface area contributed by atoms with Crippen LogP contribution in [0.1, 0.15) is 16.7 Å². The van der Waals surface area contributed by atoms with Gasteiger partial charge in [-0.3, -0.25) is 5.32 Å². The molecule has 0 aliphatic carbocycles. The van der Waals surface area contributed by atoms with Gasteiger partial charge in [0.1, 0.15) is 17.1 Å². The van der Waals surface area contributed by atoms with Crippen molar-refractivity contribution in [2.75, 3.05) is 18.4 Å². The number of aromatic nitrogens is 1. The second-order valence-corrected chi connectivity index (χ2v) is 8.17. The lowest BCUT2D eigenvalue weighted by molar-refractivity contribution is -0.327. The summed E-state index contributed by atoms with van der Waals surface area (Å²) in [5.41, 5.74) is 3.50. The Labute approximate surface area is 158 Å². The lowest BCUT2D eigenvalue weighted by atomic mass is 10.1. The molecule has 138 valence electrons. The van der Waals surface area contributed by atoms with E-state index in [4.69, 9.17) is 0 Å². The van der Waals surface area contributed by atoms with E-state index in [0.29, 0.717) is 17.9 Å². The zero-order chi connectivity index (χ0) is 19.4. The monoisotopic (exact) mass is 381 g/mol. The number of aromatic amines is 1. The topological polar surface area (TPSA) is 96.1 Å². The molecule has 7 heteroatoms. The number of aryl methyl sites for hydroxylation is 2. The third-order valence-electron chi connectivity index (χ3n) is 4.21. The normalized spacial score (nSPS) is 11.3. The smallest absolute Gasteiger partial charge is 0.272 e. The number of benzene rings is 2. The Kier molecular flexibility index (Phi) is 5.40. The highest BCUT2D eigenvalue weighted by Gasteiger charge is 2.15. The first-order valence-corrected chi connectivity index (χ1v) is 10.0. The van der Waals surface area contributed by atoms with Gasteiger partial charge in [-0.05, 0) is 44.2 Å². The molecule has 27 heavy (non-hydrogen) atoms. The molecule has 0 saturated carbocycles. The number of anilines is 1. The summed E-state index contributed by atoms with van der Waals surface area (Å²) in [4.78, 5) is 3.43. The van der Waals surface area contributed by atoms with Gasteiger partial charge in [0, 0.05) is 11.9 Å². The first-order chi connectivity index (χ1) is 12.9. The maximum Gasteiger partial charge on any atom is 0.290 e. The molecule has 0 fully saturated rings. The van der Waals surface area contributed by atoms with Crippen molar-refractivity contribution in [2.24, 2.45) is 0 Å². The standard InChI is InChI=1S/C20H20N4O2S/c1-14-3-6-18(7-4-14)27(25,26)23-10-9-22-20-17(13-21)12-16-11-15(2)5-8-19(16)24-20/h3-8,11-12,23H,9-10H2,1-2H3,(H,22,24)/p+1. The van der Waals surface area contributed by atoms with Crippen LogP contribution in [0, 0.1) is 25.2 Å². The molecule has 0 unspecified atom stereocenters. The van der Waals surface area contributed by atoms with Gasteiger partial charge in [-0.1, -0.05) is 29.3 Å². The van der Waals surface area contributed by atoms with Crippen LogP contribution in [0.5, 0.6) is 0 Å². The van der Waals surface area contributed by atoms with E-state index in [-0.39, 0.29) is 11.4 Å². The molecule has 0 bridgehead atoms. The molecule has 0 atom stereocenters. The number of H-pyrrole nitrogens is 1. The average Bonchev–Trinajstić information content (AvgIpc) is 2.65. The molecule has 0 radical (unpaired) electrons. The first-order valence-electron chi connectivity index (χ1n) is 8.56. The third-order valence-corrected chi connectivity index (χ3v) is 5.68. The summed E-state index contributed by atoms with van der Waals surface area (Å²) in [5, 5.41) is 13.4. The molecular formula is C20H21N4O2S+. The highest BCUT2D eigenvalue weighted by Crippen LogP contribution is 2.17. The zero-order valence-corrected chi connectivity index (χ0v) is 16.0. The second-order valence-electron chi connectivity index (χ2n) is 6.40. The quantitative estimate of drug-likeness (QED) is 0.641. The predicted octanol–water partition coefficient (Wildman–Crippen LogP) is 2.53. The van der Waals surface area contributed by atoms with Gasteiger partial charge in [-0.15, -0.1) is 0 Å². The lowest BCUT2D eigenvalue weighted by Gasteiger charge is -2.07. The van der Waals surface area contributed by atoms with Crippen LogP contribution in [0.25, 0.3) is 10.9 Å². The molecule has 0 aliphatic heterocycles. The fourth-order valence-corrected chi connectivity index (χ4v) is 3.78. The Morgan fingerprint density at radius 3 is 2.41 bits per heavy atom. The maximum atomic E-state index is 12.3. The fourth-order valence-electron chi connectivity index (χ4n) is 2.75. The summed E-state index contributed by atoms with van der Waals surface area (Å²) in [6.45, 7) is 4.44. The Bertz CT molecular complexity index is 1120. The number of nitrogens with one attached hydrogen (secondary N) is 3. The largest absolute Gasteiger partial charge is 0.290 e. The summed E-state index contributed by atoms with van der Waals surface area (Å²) in [6, 6.07) is 16.6. The van der Waals surface area contributed by atoms with E-state index in [1.165, 1.54) is 0 Å². The number of pyridine rings is 1. The van der Waals surface area contributed by atoms with Crippen LogP contribution in [0.15, 0.2) is 53.4 Å². The van der Waals surface area contributed by atoms with Crippen molar-refractivity contribution in [2.45, 2.75) is 18.7 Å².